The SMILES string of the molecule is COc1cc2c(-c3nn[nH]n3)cnc(C=O)c2cc1OC. The molecule has 1 N–H and O–H groups in total. The van der Waals surface area contributed by atoms with Crippen LogP contribution in [-0.4, -0.2) is 46.1 Å². The molecule has 21 heavy (non-hydrogen) atoms. The van der Waals surface area contributed by atoms with Gasteiger partial charge in [0.2, 0.25) is 5.82 Å². The van der Waals surface area contributed by atoms with Gasteiger partial charge in [0.15, 0.2) is 17.8 Å². The highest BCUT2D eigenvalue weighted by atomic mass is 16.5. The van der Waals surface area contributed by atoms with Crippen LogP contribution in [-0.2, 0) is 0 Å². The van der Waals surface area contributed by atoms with Crippen molar-refractivity contribution in [3.8, 4) is 22.9 Å². The van der Waals surface area contributed by atoms with E-state index in [9.17, 15) is 4.79 Å². The molecule has 0 amide bonds. The summed E-state index contributed by atoms with van der Waals surface area (Å²) in [6.45, 7) is 0. The number of hydrogen-bond acceptors (Lipinski definition) is 7. The van der Waals surface area contributed by atoms with Crippen molar-refractivity contribution in [1.29, 1.82) is 0 Å². The Labute approximate surface area is 119 Å². The van der Waals surface area contributed by atoms with Crippen LogP contribution >= 0.6 is 0 Å². The number of rotatable bonds is 4. The molecule has 0 atom stereocenters. The molecule has 0 radical (unpaired) electrons. The number of carbonyl (C=O) groups excluding carboxylic acids is 1. The van der Waals surface area contributed by atoms with Crippen molar-refractivity contribution in [2.75, 3.05) is 14.2 Å². The number of nitrogens with zero attached hydrogens (tertiary/aromatic N) is 4. The summed E-state index contributed by atoms with van der Waals surface area (Å²) < 4.78 is 10.5. The zero-order valence-corrected chi connectivity index (χ0v) is 11.3. The number of tetrazole rings is 1. The van der Waals surface area contributed by atoms with Crippen LogP contribution in [0.1, 0.15) is 10.5 Å². The lowest BCUT2D eigenvalue weighted by Gasteiger charge is -2.11. The van der Waals surface area contributed by atoms with Crippen molar-refractivity contribution in [2.24, 2.45) is 0 Å². The van der Waals surface area contributed by atoms with E-state index in [2.05, 4.69) is 25.6 Å². The van der Waals surface area contributed by atoms with Crippen molar-refractivity contribution in [3.05, 3.63) is 24.0 Å². The van der Waals surface area contributed by atoms with E-state index >= 15 is 0 Å². The summed E-state index contributed by atoms with van der Waals surface area (Å²) in [7, 11) is 3.07. The van der Waals surface area contributed by atoms with Gasteiger partial charge in [0.1, 0.15) is 5.69 Å². The zero-order valence-electron chi connectivity index (χ0n) is 11.3. The smallest absolute Gasteiger partial charge is 0.206 e. The second kappa shape index (κ2) is 5.16. The van der Waals surface area contributed by atoms with Gasteiger partial charge in [-0.2, -0.15) is 5.21 Å². The molecule has 1 aromatic carbocycles. The number of carbonyl (C=O) groups is 1. The number of pyridine rings is 1. The third kappa shape index (κ3) is 2.06. The summed E-state index contributed by atoms with van der Waals surface area (Å²) in [4.78, 5) is 15.3. The monoisotopic (exact) mass is 285 g/mol. The maximum absolute atomic E-state index is 11.2. The predicted molar refractivity (Wildman–Crippen MR) is 73.4 cm³/mol. The molecular weight excluding hydrogens is 274 g/mol. The van der Waals surface area contributed by atoms with Crippen LogP contribution in [0.4, 0.5) is 0 Å². The van der Waals surface area contributed by atoms with Crippen molar-refractivity contribution < 1.29 is 14.3 Å². The van der Waals surface area contributed by atoms with Gasteiger partial charge in [0, 0.05) is 22.5 Å². The van der Waals surface area contributed by atoms with E-state index in [0.29, 0.717) is 40.3 Å². The molecule has 0 saturated carbocycles. The van der Waals surface area contributed by atoms with E-state index in [4.69, 9.17) is 9.47 Å². The number of methoxy groups -OCH3 is 2. The summed E-state index contributed by atoms with van der Waals surface area (Å²) in [5.74, 6) is 1.44. The molecule has 8 heteroatoms. The van der Waals surface area contributed by atoms with E-state index in [1.165, 1.54) is 13.3 Å². The fraction of sp³-hybridized carbons (Fsp3) is 0.154. The predicted octanol–water partition coefficient (Wildman–Crippen LogP) is 1.24. The Hall–Kier alpha value is -3.03. The number of benzene rings is 1. The number of nitrogens with one attached hydrogen (secondary N) is 1. The largest absolute Gasteiger partial charge is 0.493 e. The Morgan fingerprint density at radius 3 is 2.43 bits per heavy atom. The number of ether oxygens (including phenoxy) is 2. The van der Waals surface area contributed by atoms with Crippen LogP contribution in [0.2, 0.25) is 0 Å². The molecule has 0 saturated heterocycles. The van der Waals surface area contributed by atoms with Gasteiger partial charge in [0.25, 0.3) is 0 Å². The zero-order chi connectivity index (χ0) is 14.8. The van der Waals surface area contributed by atoms with Gasteiger partial charge in [-0.25, -0.2) is 0 Å². The summed E-state index contributed by atoms with van der Waals surface area (Å²) in [5, 5.41) is 15.2. The molecular formula is C13H11N5O3. The van der Waals surface area contributed by atoms with Crippen molar-refractivity contribution >= 4 is 17.1 Å². The molecule has 8 nitrogen and oxygen atoms in total. The first kappa shape index (κ1) is 13.0. The van der Waals surface area contributed by atoms with E-state index < -0.39 is 0 Å². The van der Waals surface area contributed by atoms with Gasteiger partial charge < -0.3 is 9.47 Å². The topological polar surface area (TPSA) is 103 Å². The molecule has 3 aromatic rings. The van der Waals surface area contributed by atoms with E-state index in [0.717, 1.165) is 5.39 Å². The fourth-order valence-corrected chi connectivity index (χ4v) is 2.13. The minimum absolute atomic E-state index is 0.304. The Balaban J connectivity index is 2.38. The van der Waals surface area contributed by atoms with Gasteiger partial charge in [-0.1, -0.05) is 0 Å². The Morgan fingerprint density at radius 2 is 1.86 bits per heavy atom. The van der Waals surface area contributed by atoms with Gasteiger partial charge >= 0.3 is 0 Å². The van der Waals surface area contributed by atoms with Gasteiger partial charge in [-0.15, -0.1) is 10.2 Å². The molecule has 0 aliphatic rings. The van der Waals surface area contributed by atoms with Gasteiger partial charge in [-0.3, -0.25) is 9.78 Å². The standard InChI is InChI=1S/C13H11N5O3/c1-20-11-3-7-8(4-12(11)21-2)10(6-19)14-5-9(7)13-15-17-18-16-13/h3-6H,1-2H3,(H,15,16,17,18). The molecule has 0 spiro atoms. The second-order valence-corrected chi connectivity index (χ2v) is 4.16. The van der Waals surface area contributed by atoms with Crippen LogP contribution < -0.4 is 9.47 Å². The minimum Gasteiger partial charge on any atom is -0.493 e. The molecule has 0 unspecified atom stereocenters. The summed E-state index contributed by atoms with van der Waals surface area (Å²) in [6, 6.07) is 3.46. The number of hydrogen-bond donors (Lipinski definition) is 1. The first-order valence-electron chi connectivity index (χ1n) is 6.02. The molecule has 106 valence electrons. The number of aromatic nitrogens is 5. The fourth-order valence-electron chi connectivity index (χ4n) is 2.13. The van der Waals surface area contributed by atoms with Crippen molar-refractivity contribution in [3.63, 3.8) is 0 Å². The van der Waals surface area contributed by atoms with E-state index in [-0.39, 0.29) is 0 Å². The quantitative estimate of drug-likeness (QED) is 0.719. The maximum atomic E-state index is 11.2. The van der Waals surface area contributed by atoms with Crippen LogP contribution in [0.3, 0.4) is 0 Å². The van der Waals surface area contributed by atoms with Gasteiger partial charge in [0.05, 0.1) is 14.2 Å². The molecule has 0 aliphatic carbocycles. The molecule has 3 rings (SSSR count). The molecule has 0 aliphatic heterocycles. The summed E-state index contributed by atoms with van der Waals surface area (Å²) in [5.41, 5.74) is 0.948. The van der Waals surface area contributed by atoms with Gasteiger partial charge in [-0.05, 0) is 17.3 Å². The lowest BCUT2D eigenvalue weighted by molar-refractivity contribution is 0.112. The average molecular weight is 285 g/mol. The molecule has 2 aromatic heterocycles. The van der Waals surface area contributed by atoms with E-state index in [1.807, 2.05) is 0 Å². The summed E-state index contributed by atoms with van der Waals surface area (Å²) >= 11 is 0. The molecule has 0 fully saturated rings. The number of H-pyrrole nitrogens is 1. The highest BCUT2D eigenvalue weighted by molar-refractivity contribution is 6.04. The number of aromatic amines is 1. The maximum Gasteiger partial charge on any atom is 0.206 e. The lowest BCUT2D eigenvalue weighted by atomic mass is 10.0. The van der Waals surface area contributed by atoms with Crippen LogP contribution in [0, 0.1) is 0 Å². The Kier molecular flexibility index (Phi) is 3.19. The third-order valence-electron chi connectivity index (χ3n) is 3.12. The average Bonchev–Trinajstić information content (AvgIpc) is 3.06. The molecule has 2 heterocycles. The first-order chi connectivity index (χ1) is 10.3. The summed E-state index contributed by atoms with van der Waals surface area (Å²) in [6.07, 6.45) is 2.22. The van der Waals surface area contributed by atoms with Crippen molar-refractivity contribution in [2.45, 2.75) is 0 Å². The Morgan fingerprint density at radius 1 is 1.14 bits per heavy atom. The highest BCUT2D eigenvalue weighted by Gasteiger charge is 2.16. The highest BCUT2D eigenvalue weighted by Crippen LogP contribution is 2.36. The second-order valence-electron chi connectivity index (χ2n) is 4.16. The van der Waals surface area contributed by atoms with Crippen molar-refractivity contribution in [1.82, 2.24) is 25.6 Å². The van der Waals surface area contributed by atoms with Crippen LogP contribution in [0.5, 0.6) is 11.5 Å². The third-order valence-corrected chi connectivity index (χ3v) is 3.12. The number of fused-ring (bicyclic) bond motifs is 1. The normalized spacial score (nSPS) is 10.6. The molecule has 0 bridgehead atoms. The lowest BCUT2D eigenvalue weighted by Crippen LogP contribution is -1.96. The minimum atomic E-state index is 0.304. The van der Waals surface area contributed by atoms with Crippen LogP contribution in [0.15, 0.2) is 18.3 Å². The van der Waals surface area contributed by atoms with Crippen LogP contribution in [0.25, 0.3) is 22.2 Å². The van der Waals surface area contributed by atoms with E-state index in [1.54, 1.807) is 19.2 Å². The number of aldehydes is 1. The first-order valence-corrected chi connectivity index (χ1v) is 6.02. The Bertz CT molecular complexity index is 801.